The van der Waals surface area contributed by atoms with Crippen LogP contribution in [-0.4, -0.2) is 30.4 Å². The lowest BCUT2D eigenvalue weighted by molar-refractivity contribution is -0.161. The molecule has 0 aliphatic carbocycles. The molecule has 1 rings (SSSR count). The zero-order valence-corrected chi connectivity index (χ0v) is 12.9. The highest BCUT2D eigenvalue weighted by atomic mass is 16.6. The number of unbranched alkanes of at least 4 members (excludes halogenated alkanes) is 6. The van der Waals surface area contributed by atoms with Gasteiger partial charge in [-0.2, -0.15) is 0 Å². The number of hydrogen-bond donors (Lipinski definition) is 0. The maximum Gasteiger partial charge on any atom is 0.347 e. The molecule has 5 nitrogen and oxygen atoms in total. The summed E-state index contributed by atoms with van der Waals surface area (Å²) in [6.45, 7) is 2.46. The summed E-state index contributed by atoms with van der Waals surface area (Å²) in [7, 11) is 0. The molecule has 0 unspecified atom stereocenters. The third-order valence-electron chi connectivity index (χ3n) is 3.56. The first-order chi connectivity index (χ1) is 10.1. The van der Waals surface area contributed by atoms with Crippen LogP contribution in [0.5, 0.6) is 0 Å². The van der Waals surface area contributed by atoms with E-state index in [1.165, 1.54) is 25.7 Å². The van der Waals surface area contributed by atoms with Gasteiger partial charge in [-0.05, 0) is 6.42 Å². The van der Waals surface area contributed by atoms with Gasteiger partial charge in [-0.1, -0.05) is 45.4 Å². The molecule has 0 aromatic rings. The molecule has 0 N–H and O–H groups in total. The Morgan fingerprint density at radius 2 is 1.81 bits per heavy atom. The minimum Gasteiger partial charge on any atom is -0.463 e. The molecule has 1 heterocycles. The molecule has 21 heavy (non-hydrogen) atoms. The molecule has 0 bridgehead atoms. The molecular weight excluding hydrogens is 272 g/mol. The van der Waals surface area contributed by atoms with Crippen molar-refractivity contribution in [1.82, 2.24) is 0 Å². The smallest absolute Gasteiger partial charge is 0.347 e. The molecule has 1 aliphatic heterocycles. The quantitative estimate of drug-likeness (QED) is 0.333. The summed E-state index contributed by atoms with van der Waals surface area (Å²) < 4.78 is 9.62. The number of hydrogen-bond acceptors (Lipinski definition) is 5. The van der Waals surface area contributed by atoms with E-state index in [0.29, 0.717) is 12.8 Å². The van der Waals surface area contributed by atoms with Crippen LogP contribution in [0, 0.1) is 0 Å². The van der Waals surface area contributed by atoms with E-state index in [4.69, 9.17) is 4.74 Å². The standard InChI is InChI=1S/C16H26O5/c1-2-3-4-5-6-7-8-9-13(17)12-15(18)21-14-10-11-20-16(14)19/h14H,2-12H2,1H3/t14-/m0/s1. The van der Waals surface area contributed by atoms with Crippen molar-refractivity contribution in [2.75, 3.05) is 6.61 Å². The number of esters is 2. The fourth-order valence-electron chi connectivity index (χ4n) is 2.31. The Kier molecular flexibility index (Phi) is 8.71. The van der Waals surface area contributed by atoms with E-state index < -0.39 is 18.0 Å². The molecule has 0 saturated carbocycles. The normalized spacial score (nSPS) is 17.6. The van der Waals surface area contributed by atoms with Gasteiger partial charge in [0.2, 0.25) is 6.10 Å². The van der Waals surface area contributed by atoms with Gasteiger partial charge < -0.3 is 9.47 Å². The van der Waals surface area contributed by atoms with E-state index in [9.17, 15) is 14.4 Å². The molecule has 0 spiro atoms. The minimum absolute atomic E-state index is 0.111. The predicted octanol–water partition coefficient (Wildman–Crippen LogP) is 2.95. The highest BCUT2D eigenvalue weighted by molar-refractivity contribution is 5.96. The van der Waals surface area contributed by atoms with Gasteiger partial charge in [-0.15, -0.1) is 0 Å². The number of Topliss-reactive ketones (excluding diaryl/α,β-unsaturated/α-hetero) is 1. The molecule has 1 fully saturated rings. The number of carbonyl (C=O) groups excluding carboxylic acids is 3. The zero-order valence-electron chi connectivity index (χ0n) is 12.9. The average molecular weight is 298 g/mol. The zero-order chi connectivity index (χ0) is 15.5. The molecule has 0 aromatic carbocycles. The molecule has 0 radical (unpaired) electrons. The first-order valence-corrected chi connectivity index (χ1v) is 8.01. The number of rotatable bonds is 11. The second-order valence-corrected chi connectivity index (χ2v) is 5.52. The van der Waals surface area contributed by atoms with Crippen LogP contribution in [0.3, 0.4) is 0 Å². The van der Waals surface area contributed by atoms with Crippen molar-refractivity contribution in [2.24, 2.45) is 0 Å². The predicted molar refractivity (Wildman–Crippen MR) is 77.7 cm³/mol. The third-order valence-corrected chi connectivity index (χ3v) is 3.56. The average Bonchev–Trinajstić information content (AvgIpc) is 2.83. The Morgan fingerprint density at radius 1 is 1.14 bits per heavy atom. The van der Waals surface area contributed by atoms with Gasteiger partial charge in [0.1, 0.15) is 12.2 Å². The van der Waals surface area contributed by atoms with Crippen molar-refractivity contribution in [3.8, 4) is 0 Å². The Hall–Kier alpha value is -1.39. The second-order valence-electron chi connectivity index (χ2n) is 5.52. The van der Waals surface area contributed by atoms with E-state index in [2.05, 4.69) is 11.7 Å². The minimum atomic E-state index is -0.816. The van der Waals surface area contributed by atoms with Crippen molar-refractivity contribution in [2.45, 2.75) is 77.2 Å². The van der Waals surface area contributed by atoms with E-state index in [1.807, 2.05) is 0 Å². The monoisotopic (exact) mass is 298 g/mol. The van der Waals surface area contributed by atoms with Crippen LogP contribution >= 0.6 is 0 Å². The Balaban J connectivity index is 2.02. The Bertz CT molecular complexity index is 351. The fraction of sp³-hybridized carbons (Fsp3) is 0.812. The molecular formula is C16H26O5. The summed E-state index contributed by atoms with van der Waals surface area (Å²) in [5, 5.41) is 0. The lowest BCUT2D eigenvalue weighted by atomic mass is 10.1. The second kappa shape index (κ2) is 10.4. The molecule has 1 atom stereocenters. The summed E-state index contributed by atoms with van der Waals surface area (Å²) in [5.41, 5.74) is 0. The number of ether oxygens (including phenoxy) is 2. The highest BCUT2D eigenvalue weighted by Gasteiger charge is 2.30. The number of ketones is 1. The fourth-order valence-corrected chi connectivity index (χ4v) is 2.31. The van der Waals surface area contributed by atoms with E-state index in [0.717, 1.165) is 19.3 Å². The van der Waals surface area contributed by atoms with Crippen molar-refractivity contribution in [3.05, 3.63) is 0 Å². The van der Waals surface area contributed by atoms with Crippen LogP contribution in [0.15, 0.2) is 0 Å². The third kappa shape index (κ3) is 7.83. The van der Waals surface area contributed by atoms with E-state index >= 15 is 0 Å². The van der Waals surface area contributed by atoms with Crippen molar-refractivity contribution in [1.29, 1.82) is 0 Å². The lowest BCUT2D eigenvalue weighted by Gasteiger charge is -2.07. The maximum atomic E-state index is 11.6. The maximum absolute atomic E-state index is 11.6. The van der Waals surface area contributed by atoms with Crippen molar-refractivity contribution >= 4 is 17.7 Å². The Morgan fingerprint density at radius 3 is 2.43 bits per heavy atom. The Labute approximate surface area is 126 Å². The largest absolute Gasteiger partial charge is 0.463 e. The molecule has 1 saturated heterocycles. The first kappa shape index (κ1) is 17.7. The van der Waals surface area contributed by atoms with Crippen LogP contribution in [0.4, 0.5) is 0 Å². The van der Waals surface area contributed by atoms with Crippen LogP contribution in [0.2, 0.25) is 0 Å². The van der Waals surface area contributed by atoms with Gasteiger partial charge >= 0.3 is 11.9 Å². The summed E-state index contributed by atoms with van der Waals surface area (Å²) in [6, 6.07) is 0. The highest BCUT2D eigenvalue weighted by Crippen LogP contribution is 2.12. The van der Waals surface area contributed by atoms with E-state index in [-0.39, 0.29) is 18.8 Å². The SMILES string of the molecule is CCCCCCCCCC(=O)CC(=O)O[C@H]1CCOC1=O. The number of carbonyl (C=O) groups is 3. The summed E-state index contributed by atoms with van der Waals surface area (Å²) >= 11 is 0. The summed E-state index contributed by atoms with van der Waals surface area (Å²) in [4.78, 5) is 34.3. The summed E-state index contributed by atoms with van der Waals surface area (Å²) in [5.74, 6) is -1.24. The van der Waals surface area contributed by atoms with Gasteiger partial charge in [0.15, 0.2) is 0 Å². The van der Waals surface area contributed by atoms with Crippen LogP contribution < -0.4 is 0 Å². The van der Waals surface area contributed by atoms with E-state index in [1.54, 1.807) is 0 Å². The van der Waals surface area contributed by atoms with Gasteiger partial charge in [-0.25, -0.2) is 4.79 Å². The van der Waals surface area contributed by atoms with Gasteiger partial charge in [0.25, 0.3) is 0 Å². The van der Waals surface area contributed by atoms with Gasteiger partial charge in [0.05, 0.1) is 6.61 Å². The molecule has 5 heteroatoms. The lowest BCUT2D eigenvalue weighted by Crippen LogP contribution is -2.24. The topological polar surface area (TPSA) is 69.7 Å². The molecule has 0 aromatic heterocycles. The van der Waals surface area contributed by atoms with Gasteiger partial charge in [-0.3, -0.25) is 9.59 Å². The van der Waals surface area contributed by atoms with Crippen LogP contribution in [0.1, 0.15) is 71.1 Å². The summed E-state index contributed by atoms with van der Waals surface area (Å²) in [6.07, 6.45) is 7.72. The first-order valence-electron chi connectivity index (χ1n) is 8.01. The molecule has 0 amide bonds. The molecule has 1 aliphatic rings. The molecule has 120 valence electrons. The van der Waals surface area contributed by atoms with Gasteiger partial charge in [0, 0.05) is 12.8 Å². The van der Waals surface area contributed by atoms with Crippen molar-refractivity contribution in [3.63, 3.8) is 0 Å². The van der Waals surface area contributed by atoms with Crippen LogP contribution in [0.25, 0.3) is 0 Å². The van der Waals surface area contributed by atoms with Crippen LogP contribution in [-0.2, 0) is 23.9 Å². The van der Waals surface area contributed by atoms with Crippen molar-refractivity contribution < 1.29 is 23.9 Å². The number of cyclic esters (lactones) is 1.